The lowest BCUT2D eigenvalue weighted by molar-refractivity contribution is -0.115. The summed E-state index contributed by atoms with van der Waals surface area (Å²) in [6, 6.07) is 9.94. The number of nitrogens with one attached hydrogen (secondary N) is 1. The molecule has 0 aliphatic rings. The maximum absolute atomic E-state index is 12.5. The van der Waals surface area contributed by atoms with Crippen molar-refractivity contribution >= 4 is 33.7 Å². The molecule has 0 bridgehead atoms. The van der Waals surface area contributed by atoms with Crippen molar-refractivity contribution < 1.29 is 4.79 Å². The fourth-order valence-corrected chi connectivity index (χ4v) is 4.61. The number of amides is 1. The molecule has 142 valence electrons. The van der Waals surface area contributed by atoms with E-state index in [0.717, 1.165) is 39.1 Å². The second-order valence-electron chi connectivity index (χ2n) is 6.24. The van der Waals surface area contributed by atoms with Crippen molar-refractivity contribution in [2.24, 2.45) is 7.05 Å². The molecule has 0 atom stereocenters. The van der Waals surface area contributed by atoms with Gasteiger partial charge >= 0.3 is 0 Å². The van der Waals surface area contributed by atoms with Crippen molar-refractivity contribution in [3.05, 3.63) is 58.8 Å². The number of rotatable bonds is 6. The molecule has 0 radical (unpaired) electrons. The average molecular weight is 410 g/mol. The molecule has 0 aliphatic carbocycles. The van der Waals surface area contributed by atoms with Crippen LogP contribution in [0.3, 0.4) is 0 Å². The lowest BCUT2D eigenvalue weighted by Crippen LogP contribution is -2.14. The van der Waals surface area contributed by atoms with E-state index < -0.39 is 0 Å². The van der Waals surface area contributed by atoms with E-state index in [1.807, 2.05) is 53.5 Å². The number of imidazole rings is 1. The number of nitrogens with zero attached hydrogens (tertiary/aromatic N) is 4. The second-order valence-corrected chi connectivity index (χ2v) is 8.18. The van der Waals surface area contributed by atoms with Crippen molar-refractivity contribution in [3.63, 3.8) is 0 Å². The third-order valence-electron chi connectivity index (χ3n) is 4.19. The van der Waals surface area contributed by atoms with Gasteiger partial charge in [0.15, 0.2) is 11.0 Å². The van der Waals surface area contributed by atoms with Gasteiger partial charge in [-0.05, 0) is 6.42 Å². The first-order valence-electron chi connectivity index (χ1n) is 8.91. The first-order chi connectivity index (χ1) is 13.6. The van der Waals surface area contributed by atoms with Crippen LogP contribution in [0, 0.1) is 0 Å². The number of benzene rings is 1. The van der Waals surface area contributed by atoms with Gasteiger partial charge in [-0.3, -0.25) is 4.79 Å². The van der Waals surface area contributed by atoms with Crippen molar-refractivity contribution in [2.45, 2.75) is 19.8 Å². The first-order valence-corrected chi connectivity index (χ1v) is 10.6. The van der Waals surface area contributed by atoms with E-state index in [9.17, 15) is 4.79 Å². The Morgan fingerprint density at radius 2 is 2.04 bits per heavy atom. The first kappa shape index (κ1) is 18.5. The maximum atomic E-state index is 12.5. The zero-order chi connectivity index (χ0) is 19.5. The molecule has 0 fully saturated rings. The molecular weight excluding hydrogens is 390 g/mol. The zero-order valence-electron chi connectivity index (χ0n) is 15.5. The van der Waals surface area contributed by atoms with Crippen LogP contribution in [0.15, 0.2) is 48.1 Å². The van der Waals surface area contributed by atoms with Gasteiger partial charge in [0.2, 0.25) is 5.91 Å². The maximum Gasteiger partial charge on any atom is 0.232 e. The number of hydrogen-bond donors (Lipinski definition) is 1. The third kappa shape index (κ3) is 3.88. The summed E-state index contributed by atoms with van der Waals surface area (Å²) in [5.41, 5.74) is 2.60. The van der Waals surface area contributed by atoms with Crippen LogP contribution < -0.4 is 5.32 Å². The Morgan fingerprint density at radius 1 is 1.21 bits per heavy atom. The highest BCUT2D eigenvalue weighted by atomic mass is 32.1. The molecular formula is C20H19N5OS2. The van der Waals surface area contributed by atoms with Gasteiger partial charge < -0.3 is 9.88 Å². The van der Waals surface area contributed by atoms with Crippen LogP contribution in [0.5, 0.6) is 0 Å². The molecule has 3 heterocycles. The zero-order valence-corrected chi connectivity index (χ0v) is 17.2. The highest BCUT2D eigenvalue weighted by Gasteiger charge is 2.19. The second kappa shape index (κ2) is 8.04. The predicted octanol–water partition coefficient (Wildman–Crippen LogP) is 4.41. The summed E-state index contributed by atoms with van der Waals surface area (Å²) < 4.78 is 1.95. The van der Waals surface area contributed by atoms with Crippen LogP contribution in [-0.4, -0.2) is 25.4 Å². The average Bonchev–Trinajstić information content (AvgIpc) is 3.42. The van der Waals surface area contributed by atoms with Gasteiger partial charge in [0.05, 0.1) is 27.7 Å². The van der Waals surface area contributed by atoms with E-state index in [1.54, 1.807) is 17.5 Å². The summed E-state index contributed by atoms with van der Waals surface area (Å²) in [6.45, 7) is 2.06. The van der Waals surface area contributed by atoms with Gasteiger partial charge in [-0.1, -0.05) is 48.6 Å². The molecule has 1 aromatic carbocycles. The fraction of sp³-hybridized carbons (Fsp3) is 0.200. The van der Waals surface area contributed by atoms with Crippen LogP contribution >= 0.6 is 22.7 Å². The molecule has 1 amide bonds. The van der Waals surface area contributed by atoms with Gasteiger partial charge in [0.1, 0.15) is 0 Å². The Balaban J connectivity index is 1.62. The topological polar surface area (TPSA) is 72.7 Å². The van der Waals surface area contributed by atoms with Gasteiger partial charge in [0.25, 0.3) is 0 Å². The fourth-order valence-electron chi connectivity index (χ4n) is 2.82. The monoisotopic (exact) mass is 409 g/mol. The molecule has 0 saturated carbocycles. The standard InChI is InChI=1S/C20H19N5OS2/c1-3-16-22-14(12-27-16)11-15(26)23-20-24-17(13-7-5-4-6-8-13)18(28-20)19-21-9-10-25(19)2/h4-10,12H,3,11H2,1-2H3,(H,23,24,26). The Hall–Kier alpha value is -2.84. The van der Waals surface area contributed by atoms with Crippen molar-refractivity contribution in [1.29, 1.82) is 0 Å². The SMILES string of the molecule is CCc1nc(CC(=O)Nc2nc(-c3ccccc3)c(-c3nccn3C)s2)cs1. The molecule has 4 aromatic rings. The summed E-state index contributed by atoms with van der Waals surface area (Å²) in [6.07, 6.45) is 4.78. The molecule has 0 spiro atoms. The predicted molar refractivity (Wildman–Crippen MR) is 114 cm³/mol. The number of carbonyl (C=O) groups excluding carboxylic acids is 1. The van der Waals surface area contributed by atoms with E-state index in [2.05, 4.69) is 22.2 Å². The van der Waals surface area contributed by atoms with Crippen LogP contribution in [-0.2, 0) is 24.7 Å². The smallest absolute Gasteiger partial charge is 0.232 e. The molecule has 6 nitrogen and oxygen atoms in total. The summed E-state index contributed by atoms with van der Waals surface area (Å²) in [5, 5.41) is 6.47. The highest BCUT2D eigenvalue weighted by Crippen LogP contribution is 2.38. The summed E-state index contributed by atoms with van der Waals surface area (Å²) >= 11 is 3.02. The van der Waals surface area contributed by atoms with Gasteiger partial charge in [-0.15, -0.1) is 11.3 Å². The normalized spacial score (nSPS) is 10.9. The number of aryl methyl sites for hydroxylation is 2. The molecule has 0 saturated heterocycles. The van der Waals surface area contributed by atoms with Gasteiger partial charge in [-0.25, -0.2) is 15.0 Å². The number of hydrogen-bond acceptors (Lipinski definition) is 6. The van der Waals surface area contributed by atoms with Crippen LogP contribution in [0.1, 0.15) is 17.6 Å². The van der Waals surface area contributed by atoms with Crippen LogP contribution in [0.2, 0.25) is 0 Å². The van der Waals surface area contributed by atoms with Crippen molar-refractivity contribution in [2.75, 3.05) is 5.32 Å². The van der Waals surface area contributed by atoms with Crippen molar-refractivity contribution in [1.82, 2.24) is 19.5 Å². The minimum absolute atomic E-state index is 0.118. The molecule has 28 heavy (non-hydrogen) atoms. The minimum Gasteiger partial charge on any atom is -0.333 e. The van der Waals surface area contributed by atoms with Gasteiger partial charge in [-0.2, -0.15) is 0 Å². The molecule has 8 heteroatoms. The molecule has 4 rings (SSSR count). The Bertz CT molecular complexity index is 1100. The minimum atomic E-state index is -0.118. The lowest BCUT2D eigenvalue weighted by Gasteiger charge is -2.02. The Labute approximate surface area is 170 Å². The third-order valence-corrected chi connectivity index (χ3v) is 6.20. The number of aromatic nitrogens is 4. The van der Waals surface area contributed by atoms with Crippen LogP contribution in [0.25, 0.3) is 22.0 Å². The quantitative estimate of drug-likeness (QED) is 0.512. The number of carbonyl (C=O) groups is 1. The van der Waals surface area contributed by atoms with E-state index >= 15 is 0 Å². The van der Waals surface area contributed by atoms with Gasteiger partial charge in [0, 0.05) is 30.4 Å². The van der Waals surface area contributed by atoms with Crippen LogP contribution in [0.4, 0.5) is 5.13 Å². The molecule has 0 aliphatic heterocycles. The Morgan fingerprint density at radius 3 is 2.71 bits per heavy atom. The summed E-state index contributed by atoms with van der Waals surface area (Å²) in [7, 11) is 1.95. The van der Waals surface area contributed by atoms with E-state index in [0.29, 0.717) is 5.13 Å². The van der Waals surface area contributed by atoms with Crippen molar-refractivity contribution in [3.8, 4) is 22.0 Å². The highest BCUT2D eigenvalue weighted by molar-refractivity contribution is 7.19. The summed E-state index contributed by atoms with van der Waals surface area (Å²) in [5.74, 6) is 0.705. The molecule has 1 N–H and O–H groups in total. The largest absolute Gasteiger partial charge is 0.333 e. The molecule has 0 unspecified atom stereocenters. The number of thiazole rings is 2. The van der Waals surface area contributed by atoms with E-state index in [-0.39, 0.29) is 12.3 Å². The van der Waals surface area contributed by atoms with E-state index in [1.165, 1.54) is 11.3 Å². The number of anilines is 1. The lowest BCUT2D eigenvalue weighted by atomic mass is 10.1. The Kier molecular flexibility index (Phi) is 5.31. The summed E-state index contributed by atoms with van der Waals surface area (Å²) in [4.78, 5) is 27.0. The molecule has 3 aromatic heterocycles. The van der Waals surface area contributed by atoms with E-state index in [4.69, 9.17) is 4.98 Å².